The molecule has 0 bridgehead atoms. The predicted octanol–water partition coefficient (Wildman–Crippen LogP) is 7.92. The van der Waals surface area contributed by atoms with E-state index in [9.17, 15) is 0 Å². The Balaban J connectivity index is 0.000000190. The molecule has 3 fully saturated rings. The van der Waals surface area contributed by atoms with E-state index in [0.717, 1.165) is 5.46 Å². The minimum Gasteiger partial charge on any atom is -0.405 e. The first kappa shape index (κ1) is 37.3. The van der Waals surface area contributed by atoms with Crippen molar-refractivity contribution in [1.29, 1.82) is 0 Å². The Hall–Kier alpha value is -1.13. The van der Waals surface area contributed by atoms with Gasteiger partial charge in [0.1, 0.15) is 0 Å². The molecule has 0 aliphatic carbocycles. The number of rotatable bonds is 2. The van der Waals surface area contributed by atoms with E-state index < -0.39 is 14.0 Å². The van der Waals surface area contributed by atoms with Gasteiger partial charge in [0.2, 0.25) is 0 Å². The van der Waals surface area contributed by atoms with Gasteiger partial charge < -0.3 is 27.9 Å². The second kappa shape index (κ2) is 12.8. The van der Waals surface area contributed by atoms with Gasteiger partial charge in [-0.15, -0.1) is 0 Å². The van der Waals surface area contributed by atoms with Crippen LogP contribution in [0.2, 0.25) is 0 Å². The second-order valence-corrected chi connectivity index (χ2v) is 16.3. The van der Waals surface area contributed by atoms with Crippen molar-refractivity contribution in [2.24, 2.45) is 0 Å². The van der Waals surface area contributed by atoms with Gasteiger partial charge in [0.25, 0.3) is 0 Å². The topological polar surface area (TPSA) is 55.4 Å². The van der Waals surface area contributed by atoms with E-state index in [2.05, 4.69) is 108 Å². The van der Waals surface area contributed by atoms with E-state index in [1.165, 1.54) is 26.7 Å². The highest BCUT2D eigenvalue weighted by Gasteiger charge is 2.63. The summed E-state index contributed by atoms with van der Waals surface area (Å²) in [5.41, 5.74) is 4.21. The number of halogens is 1. The molecule has 0 amide bonds. The van der Waals surface area contributed by atoms with Crippen LogP contribution in [-0.2, 0) is 27.9 Å². The molecule has 2 aromatic rings. The van der Waals surface area contributed by atoms with Gasteiger partial charge in [-0.2, -0.15) is 0 Å². The normalized spacial score (nSPS) is 23.5. The maximum atomic E-state index is 6.06. The molecule has 5 rings (SSSR count). The first-order valence-corrected chi connectivity index (χ1v) is 16.5. The molecule has 0 aromatic heterocycles. The molecule has 0 unspecified atom stereocenters. The molecule has 3 heterocycles. The monoisotopic (exact) mass is 670 g/mol. The van der Waals surface area contributed by atoms with E-state index in [4.69, 9.17) is 27.9 Å². The Morgan fingerprint density at radius 3 is 1.11 bits per heavy atom. The average molecular weight is 671 g/mol. The maximum absolute atomic E-state index is 6.06. The molecule has 3 aliphatic rings. The zero-order valence-corrected chi connectivity index (χ0v) is 31.6. The smallest absolute Gasteiger partial charge is 0.405 e. The van der Waals surface area contributed by atoms with Gasteiger partial charge in [-0.1, -0.05) is 57.4 Å². The van der Waals surface area contributed by atoms with Crippen LogP contribution in [0.1, 0.15) is 105 Å². The third kappa shape index (κ3) is 8.05. The zero-order valence-electron chi connectivity index (χ0n) is 30.0. The fourth-order valence-electron chi connectivity index (χ4n) is 4.68. The van der Waals surface area contributed by atoms with Gasteiger partial charge in [0, 0.05) is 4.47 Å². The van der Waals surface area contributed by atoms with Crippen molar-refractivity contribution in [3.63, 3.8) is 0 Å². The van der Waals surface area contributed by atoms with Crippen LogP contribution in [0.3, 0.4) is 0 Å². The van der Waals surface area contributed by atoms with Crippen molar-refractivity contribution in [1.82, 2.24) is 0 Å². The molecule has 2 aromatic carbocycles. The summed E-state index contributed by atoms with van der Waals surface area (Å²) >= 11 is 3.45. The Labute approximate surface area is 277 Å². The van der Waals surface area contributed by atoms with Gasteiger partial charge in [0.05, 0.1) is 33.6 Å². The number of benzene rings is 2. The van der Waals surface area contributed by atoms with Crippen molar-refractivity contribution in [3.8, 4) is 0 Å². The quantitative estimate of drug-likeness (QED) is 0.303. The Bertz CT molecular complexity index is 1240. The predicted molar refractivity (Wildman–Crippen MR) is 187 cm³/mol. The van der Waals surface area contributed by atoms with Crippen LogP contribution < -0.4 is 5.46 Å². The lowest BCUT2D eigenvalue weighted by atomic mass is 9.49. The van der Waals surface area contributed by atoms with Crippen molar-refractivity contribution in [2.45, 2.75) is 144 Å². The zero-order chi connectivity index (χ0) is 33.7. The molecule has 242 valence electrons. The molecular weight excluding hydrogens is 617 g/mol. The van der Waals surface area contributed by atoms with E-state index in [0.29, 0.717) is 0 Å². The van der Waals surface area contributed by atoms with Crippen molar-refractivity contribution in [2.75, 3.05) is 0 Å². The minimum absolute atomic E-state index is 0.250. The lowest BCUT2D eigenvalue weighted by molar-refractivity contribution is 0.00578. The average Bonchev–Trinajstić information content (AvgIpc) is 3.32. The Morgan fingerprint density at radius 2 is 0.773 bits per heavy atom. The van der Waals surface area contributed by atoms with Crippen LogP contribution in [-0.4, -0.2) is 54.7 Å². The SMILES string of the molecule is CC1(C)OB(B2OC(C)(C)C(C)(C)O2)OC1(C)C.Cc1ccc(C)c(B2OC(C)(C)C(C)(C)O2)c1.Cc1ccc(C)c(Br)c1. The van der Waals surface area contributed by atoms with Gasteiger partial charge >= 0.3 is 21.1 Å². The molecule has 0 spiro atoms. The Kier molecular flexibility index (Phi) is 10.9. The summed E-state index contributed by atoms with van der Waals surface area (Å²) in [6.45, 7) is 32.9. The van der Waals surface area contributed by atoms with Gasteiger partial charge in [-0.25, -0.2) is 0 Å². The molecule has 10 heteroatoms. The fourth-order valence-corrected chi connectivity index (χ4v) is 5.17. The summed E-state index contributed by atoms with van der Waals surface area (Å²) in [5, 5.41) is 0. The van der Waals surface area contributed by atoms with Crippen LogP contribution in [0.25, 0.3) is 0 Å². The highest BCUT2D eigenvalue weighted by molar-refractivity contribution is 9.10. The van der Waals surface area contributed by atoms with Crippen LogP contribution in [0.15, 0.2) is 40.9 Å². The van der Waals surface area contributed by atoms with Crippen LogP contribution in [0.4, 0.5) is 0 Å². The molecule has 44 heavy (non-hydrogen) atoms. The summed E-state index contributed by atoms with van der Waals surface area (Å²) in [7, 11) is -1.20. The van der Waals surface area contributed by atoms with Crippen molar-refractivity contribution >= 4 is 42.5 Å². The molecule has 3 aliphatic heterocycles. The third-order valence-electron chi connectivity index (χ3n) is 10.0. The Morgan fingerprint density at radius 1 is 0.455 bits per heavy atom. The van der Waals surface area contributed by atoms with Gasteiger partial charge in [0.15, 0.2) is 0 Å². The van der Waals surface area contributed by atoms with Crippen LogP contribution in [0.5, 0.6) is 0 Å². The van der Waals surface area contributed by atoms with Crippen LogP contribution >= 0.6 is 15.9 Å². The van der Waals surface area contributed by atoms with E-state index in [-0.39, 0.29) is 40.7 Å². The third-order valence-corrected chi connectivity index (χ3v) is 10.9. The fraction of sp³-hybridized carbons (Fsp3) is 0.647. The maximum Gasteiger partial charge on any atom is 0.495 e. The minimum atomic E-state index is -0.476. The molecular formula is C34H54B3BrO6. The summed E-state index contributed by atoms with van der Waals surface area (Å²) in [4.78, 5) is 0. The first-order valence-electron chi connectivity index (χ1n) is 15.7. The molecule has 3 saturated heterocycles. The molecule has 0 atom stereocenters. The van der Waals surface area contributed by atoms with E-state index >= 15 is 0 Å². The number of hydrogen-bond acceptors (Lipinski definition) is 6. The van der Waals surface area contributed by atoms with Crippen molar-refractivity contribution in [3.05, 3.63) is 63.1 Å². The lowest BCUT2D eigenvalue weighted by Crippen LogP contribution is -2.41. The summed E-state index contributed by atoms with van der Waals surface area (Å²) in [5.74, 6) is 0. The summed E-state index contributed by atoms with van der Waals surface area (Å²) in [6.07, 6.45) is 0. The first-order chi connectivity index (χ1) is 19.8. The van der Waals surface area contributed by atoms with Gasteiger partial charge in [-0.05, 0) is 133 Å². The molecule has 0 saturated carbocycles. The highest BCUT2D eigenvalue weighted by atomic mass is 79.9. The molecule has 6 nitrogen and oxygen atoms in total. The number of hydrogen-bond donors (Lipinski definition) is 0. The summed E-state index contributed by atoms with van der Waals surface area (Å²) < 4.78 is 37.2. The standard InChI is InChI=1S/C14H21BO2.C12H24B2O4.C8H9Br/c1-10-7-8-11(2)12(9-10)15-16-13(3,4)14(5,6)17-15;1-9(2)10(3,4)16-13(15-9)14-17-11(5,6)12(7,8)18-14;1-6-3-4-7(2)8(9)5-6/h7-9H,1-6H3;1-8H3;3-5H,1-2H3. The van der Waals surface area contributed by atoms with E-state index in [1.807, 2.05) is 55.4 Å². The largest absolute Gasteiger partial charge is 0.495 e. The summed E-state index contributed by atoms with van der Waals surface area (Å²) in [6, 6.07) is 12.7. The second-order valence-electron chi connectivity index (χ2n) is 15.5. The molecule has 0 N–H and O–H groups in total. The molecule has 0 radical (unpaired) electrons. The van der Waals surface area contributed by atoms with Crippen molar-refractivity contribution < 1.29 is 27.9 Å². The number of aryl methyl sites for hydroxylation is 4. The lowest BCUT2D eigenvalue weighted by Gasteiger charge is -2.32. The highest BCUT2D eigenvalue weighted by Crippen LogP contribution is 2.43. The van der Waals surface area contributed by atoms with E-state index in [1.54, 1.807) is 0 Å². The van der Waals surface area contributed by atoms with Crippen LogP contribution in [0, 0.1) is 27.7 Å². The van der Waals surface area contributed by atoms with Gasteiger partial charge in [-0.3, -0.25) is 0 Å².